The minimum Gasteiger partial charge on any atom is -0.383 e. The Morgan fingerprint density at radius 2 is 2.13 bits per heavy atom. The first-order valence-electron chi connectivity index (χ1n) is 4.35. The van der Waals surface area contributed by atoms with Crippen LogP contribution in [0.25, 0.3) is 0 Å². The average Bonchev–Trinajstić information content (AvgIpc) is 2.74. The third-order valence-corrected chi connectivity index (χ3v) is 4.47. The number of aliphatic hydroxyl groups excluding tert-OH is 1. The third-order valence-electron chi connectivity index (χ3n) is 2.07. The summed E-state index contributed by atoms with van der Waals surface area (Å²) in [7, 11) is 0. The van der Waals surface area contributed by atoms with Crippen molar-refractivity contribution in [2.75, 3.05) is 0 Å². The second-order valence-corrected chi connectivity index (χ2v) is 6.14. The van der Waals surface area contributed by atoms with Gasteiger partial charge in [-0.1, -0.05) is 22.0 Å². The molecule has 0 amide bonds. The highest BCUT2D eigenvalue weighted by Gasteiger charge is 2.14. The van der Waals surface area contributed by atoms with Gasteiger partial charge in [0.2, 0.25) is 0 Å². The second kappa shape index (κ2) is 4.95. The molecular formula is C11H8BrIOS. The molecule has 0 saturated carbocycles. The highest BCUT2D eigenvalue weighted by Crippen LogP contribution is 2.30. The summed E-state index contributed by atoms with van der Waals surface area (Å²) in [6.45, 7) is 0. The van der Waals surface area contributed by atoms with Gasteiger partial charge in [0, 0.05) is 18.5 Å². The van der Waals surface area contributed by atoms with Crippen LogP contribution in [-0.2, 0) is 0 Å². The Kier molecular flexibility index (Phi) is 3.82. The molecule has 1 heterocycles. The van der Waals surface area contributed by atoms with Crippen LogP contribution in [0.1, 0.15) is 16.5 Å². The number of benzene rings is 1. The summed E-state index contributed by atoms with van der Waals surface area (Å²) in [5.74, 6) is 0. The Morgan fingerprint density at radius 1 is 1.33 bits per heavy atom. The molecule has 2 rings (SSSR count). The smallest absolute Gasteiger partial charge is 0.114 e. The first-order valence-corrected chi connectivity index (χ1v) is 7.10. The van der Waals surface area contributed by atoms with Crippen molar-refractivity contribution in [2.24, 2.45) is 0 Å². The molecule has 0 radical (unpaired) electrons. The van der Waals surface area contributed by atoms with Crippen molar-refractivity contribution in [3.05, 3.63) is 54.2 Å². The van der Waals surface area contributed by atoms with Gasteiger partial charge < -0.3 is 5.11 Å². The largest absolute Gasteiger partial charge is 0.383 e. The number of rotatable bonds is 2. The van der Waals surface area contributed by atoms with Crippen molar-refractivity contribution >= 4 is 49.9 Å². The van der Waals surface area contributed by atoms with E-state index in [2.05, 4.69) is 38.5 Å². The average molecular weight is 395 g/mol. The second-order valence-electron chi connectivity index (χ2n) is 3.08. The Bertz CT molecular complexity index is 456. The van der Waals surface area contributed by atoms with Crippen LogP contribution >= 0.6 is 49.9 Å². The van der Waals surface area contributed by atoms with Gasteiger partial charge in [0.25, 0.3) is 0 Å². The van der Waals surface area contributed by atoms with Gasteiger partial charge >= 0.3 is 0 Å². The third kappa shape index (κ3) is 2.61. The first kappa shape index (κ1) is 11.6. The van der Waals surface area contributed by atoms with E-state index in [0.717, 1.165) is 18.5 Å². The van der Waals surface area contributed by atoms with E-state index in [1.54, 1.807) is 11.3 Å². The predicted molar refractivity (Wildman–Crippen MR) is 75.2 cm³/mol. The lowest BCUT2D eigenvalue weighted by Crippen LogP contribution is -1.99. The number of hydrogen-bond acceptors (Lipinski definition) is 2. The normalized spacial score (nSPS) is 12.7. The molecule has 1 nitrogen and oxygen atoms in total. The summed E-state index contributed by atoms with van der Waals surface area (Å²) in [4.78, 5) is 0.978. The minimum atomic E-state index is -0.519. The van der Waals surface area contributed by atoms with Gasteiger partial charge in [-0.15, -0.1) is 11.3 Å². The Balaban J connectivity index is 2.41. The summed E-state index contributed by atoms with van der Waals surface area (Å²) >= 11 is 7.23. The number of aliphatic hydroxyl groups is 1. The molecular weight excluding hydrogens is 387 g/mol. The van der Waals surface area contributed by atoms with E-state index in [0.29, 0.717) is 0 Å². The van der Waals surface area contributed by atoms with E-state index in [4.69, 9.17) is 0 Å². The van der Waals surface area contributed by atoms with Crippen molar-refractivity contribution < 1.29 is 5.11 Å². The van der Waals surface area contributed by atoms with Crippen LogP contribution in [0.3, 0.4) is 0 Å². The molecule has 1 N–H and O–H groups in total. The van der Waals surface area contributed by atoms with E-state index >= 15 is 0 Å². The van der Waals surface area contributed by atoms with Crippen LogP contribution in [0.5, 0.6) is 0 Å². The van der Waals surface area contributed by atoms with Crippen LogP contribution in [0.15, 0.2) is 40.2 Å². The number of hydrogen-bond donors (Lipinski definition) is 1. The van der Waals surface area contributed by atoms with Gasteiger partial charge in [0.1, 0.15) is 6.10 Å². The van der Waals surface area contributed by atoms with Crippen molar-refractivity contribution in [1.29, 1.82) is 0 Å². The highest BCUT2D eigenvalue weighted by molar-refractivity contribution is 14.1. The summed E-state index contributed by atoms with van der Waals surface area (Å²) in [5, 5.41) is 12.1. The molecule has 0 saturated heterocycles. The van der Waals surface area contributed by atoms with Crippen LogP contribution in [0, 0.1) is 3.57 Å². The standard InChI is InChI=1S/C11H8BrIOS/c12-7-3-4-9(13)8(6-7)11(14)10-2-1-5-15-10/h1-6,11,14H. The van der Waals surface area contributed by atoms with Crippen molar-refractivity contribution in [1.82, 2.24) is 0 Å². The van der Waals surface area contributed by atoms with Crippen LogP contribution in [0.2, 0.25) is 0 Å². The molecule has 4 heteroatoms. The van der Waals surface area contributed by atoms with Gasteiger partial charge in [-0.05, 0) is 52.2 Å². The molecule has 0 aliphatic heterocycles. The molecule has 1 aromatic heterocycles. The topological polar surface area (TPSA) is 20.2 Å². The summed E-state index contributed by atoms with van der Waals surface area (Å²) in [5.41, 5.74) is 0.951. The van der Waals surface area contributed by atoms with Gasteiger partial charge in [0.15, 0.2) is 0 Å². The molecule has 1 aromatic carbocycles. The highest BCUT2D eigenvalue weighted by atomic mass is 127. The van der Waals surface area contributed by atoms with Crippen LogP contribution < -0.4 is 0 Å². The molecule has 15 heavy (non-hydrogen) atoms. The quantitative estimate of drug-likeness (QED) is 0.757. The maximum atomic E-state index is 10.2. The monoisotopic (exact) mass is 394 g/mol. The molecule has 0 aliphatic carbocycles. The van der Waals surface area contributed by atoms with E-state index in [1.807, 2.05) is 35.7 Å². The van der Waals surface area contributed by atoms with Gasteiger partial charge in [-0.2, -0.15) is 0 Å². The summed E-state index contributed by atoms with van der Waals surface area (Å²) in [6, 6.07) is 9.84. The fourth-order valence-electron chi connectivity index (χ4n) is 1.32. The Morgan fingerprint density at radius 3 is 2.80 bits per heavy atom. The van der Waals surface area contributed by atoms with Crippen molar-refractivity contribution in [3.8, 4) is 0 Å². The maximum absolute atomic E-state index is 10.2. The Labute approximate surface area is 114 Å². The molecule has 0 spiro atoms. The maximum Gasteiger partial charge on any atom is 0.114 e. The minimum absolute atomic E-state index is 0.519. The van der Waals surface area contributed by atoms with E-state index in [-0.39, 0.29) is 0 Å². The zero-order valence-corrected chi connectivity index (χ0v) is 12.2. The summed E-state index contributed by atoms with van der Waals surface area (Å²) < 4.78 is 2.07. The van der Waals surface area contributed by atoms with Crippen LogP contribution in [0.4, 0.5) is 0 Å². The predicted octanol–water partition coefficient (Wildman–Crippen LogP) is 4.20. The fraction of sp³-hybridized carbons (Fsp3) is 0.0909. The zero-order valence-electron chi connectivity index (χ0n) is 7.65. The molecule has 0 aliphatic rings. The van der Waals surface area contributed by atoms with E-state index in [1.165, 1.54) is 0 Å². The fourth-order valence-corrected chi connectivity index (χ4v) is 3.06. The van der Waals surface area contributed by atoms with E-state index < -0.39 is 6.10 Å². The molecule has 2 aromatic rings. The Hall–Kier alpha value is 0.0900. The first-order chi connectivity index (χ1) is 7.18. The molecule has 0 fully saturated rings. The molecule has 1 unspecified atom stereocenters. The zero-order chi connectivity index (χ0) is 10.8. The SMILES string of the molecule is OC(c1cccs1)c1cc(Br)ccc1I. The lowest BCUT2D eigenvalue weighted by Gasteiger charge is -2.11. The summed E-state index contributed by atoms with van der Waals surface area (Å²) in [6.07, 6.45) is -0.519. The number of thiophene rings is 1. The molecule has 78 valence electrons. The molecule has 1 atom stereocenters. The lowest BCUT2D eigenvalue weighted by atomic mass is 10.1. The lowest BCUT2D eigenvalue weighted by molar-refractivity contribution is 0.223. The van der Waals surface area contributed by atoms with Crippen LogP contribution in [-0.4, -0.2) is 5.11 Å². The van der Waals surface area contributed by atoms with Gasteiger partial charge in [-0.3, -0.25) is 0 Å². The molecule has 0 bridgehead atoms. The van der Waals surface area contributed by atoms with Gasteiger partial charge in [-0.25, -0.2) is 0 Å². The van der Waals surface area contributed by atoms with Crippen molar-refractivity contribution in [2.45, 2.75) is 6.10 Å². The van der Waals surface area contributed by atoms with E-state index in [9.17, 15) is 5.11 Å². The number of halogens is 2. The van der Waals surface area contributed by atoms with Crippen molar-refractivity contribution in [3.63, 3.8) is 0 Å². The van der Waals surface area contributed by atoms with Gasteiger partial charge in [0.05, 0.1) is 0 Å².